The number of H-pyrrole nitrogens is 1. The molecule has 0 amide bonds. The quantitative estimate of drug-likeness (QED) is 0.178. The number of nitrogens with zero attached hydrogens (tertiary/aromatic N) is 2. The van der Waals surface area contributed by atoms with E-state index >= 15 is 0 Å². The van der Waals surface area contributed by atoms with Crippen molar-refractivity contribution in [3.05, 3.63) is 126 Å². The summed E-state index contributed by atoms with van der Waals surface area (Å²) in [7, 11) is 0. The van der Waals surface area contributed by atoms with Gasteiger partial charge in [-0.05, 0) is 76.2 Å². The minimum Gasteiger partial charge on any atom is -0.478 e. The lowest BCUT2D eigenvalue weighted by atomic mass is 9.87. The van der Waals surface area contributed by atoms with Crippen LogP contribution < -0.4 is 4.74 Å². The molecule has 0 saturated heterocycles. The fraction of sp³-hybridized carbons (Fsp3) is 0.0645. The lowest BCUT2D eigenvalue weighted by Gasteiger charge is -2.17. The molecule has 2 N–H and O–H groups in total. The maximum absolute atomic E-state index is 10.9. The van der Waals surface area contributed by atoms with E-state index in [2.05, 4.69) is 46.4 Å². The van der Waals surface area contributed by atoms with Crippen LogP contribution >= 0.6 is 0 Å². The van der Waals surface area contributed by atoms with Crippen LogP contribution in [0.4, 0.5) is 0 Å². The number of aliphatic carboxylic acids is 1. The lowest BCUT2D eigenvalue weighted by molar-refractivity contribution is -0.131. The maximum atomic E-state index is 10.9. The Morgan fingerprint density at radius 2 is 1.70 bits per heavy atom. The monoisotopic (exact) mass is 487 g/mol. The topological polar surface area (TPSA) is 88.1 Å². The van der Waals surface area contributed by atoms with Crippen molar-refractivity contribution in [1.82, 2.24) is 15.2 Å². The molecule has 37 heavy (non-hydrogen) atoms. The number of hydrogen-bond donors (Lipinski definition) is 2. The average Bonchev–Trinajstić information content (AvgIpc) is 3.40. The van der Waals surface area contributed by atoms with Gasteiger partial charge in [-0.2, -0.15) is 5.10 Å². The van der Waals surface area contributed by atoms with Crippen LogP contribution in [0.15, 0.2) is 103 Å². The molecule has 6 heteroatoms. The van der Waals surface area contributed by atoms with Gasteiger partial charge in [0.1, 0.15) is 5.75 Å². The van der Waals surface area contributed by atoms with Gasteiger partial charge in [0.05, 0.1) is 11.7 Å². The van der Waals surface area contributed by atoms with Crippen molar-refractivity contribution in [2.75, 3.05) is 0 Å². The Bertz CT molecular complexity index is 1580. The molecule has 5 aromatic rings. The van der Waals surface area contributed by atoms with Crippen LogP contribution in [0.1, 0.15) is 35.6 Å². The van der Waals surface area contributed by atoms with Crippen molar-refractivity contribution < 1.29 is 14.6 Å². The van der Waals surface area contributed by atoms with E-state index in [1.54, 1.807) is 12.3 Å². The molecule has 0 fully saturated rings. The predicted octanol–water partition coefficient (Wildman–Crippen LogP) is 7.22. The summed E-state index contributed by atoms with van der Waals surface area (Å²) in [4.78, 5) is 15.1. The zero-order chi connectivity index (χ0) is 25.6. The molecule has 0 aliphatic heterocycles. The summed E-state index contributed by atoms with van der Waals surface area (Å²) in [6, 6.07) is 27.8. The van der Waals surface area contributed by atoms with Crippen molar-refractivity contribution in [3.63, 3.8) is 0 Å². The second-order valence-electron chi connectivity index (χ2n) is 8.47. The highest BCUT2D eigenvalue weighted by Crippen LogP contribution is 2.36. The number of carboxylic acids is 1. The van der Waals surface area contributed by atoms with E-state index in [9.17, 15) is 4.79 Å². The summed E-state index contributed by atoms with van der Waals surface area (Å²) in [5, 5.41) is 17.2. The summed E-state index contributed by atoms with van der Waals surface area (Å²) in [6.07, 6.45) is 7.07. The van der Waals surface area contributed by atoms with Gasteiger partial charge in [-0.15, -0.1) is 0 Å². The number of carboxylic acid groups (broad SMARTS) is 1. The number of nitrogens with one attached hydrogen (secondary N) is 1. The molecule has 2 aromatic heterocycles. The summed E-state index contributed by atoms with van der Waals surface area (Å²) >= 11 is 0. The molecular weight excluding hydrogens is 462 g/mol. The summed E-state index contributed by atoms with van der Waals surface area (Å²) in [5.74, 6) is 0.295. The first-order valence-electron chi connectivity index (χ1n) is 12.0. The van der Waals surface area contributed by atoms with Crippen molar-refractivity contribution in [2.24, 2.45) is 0 Å². The van der Waals surface area contributed by atoms with E-state index in [-0.39, 0.29) is 0 Å². The highest BCUT2D eigenvalue weighted by atomic mass is 16.5. The molecule has 0 bridgehead atoms. The minimum absolute atomic E-state index is 0.549. The lowest BCUT2D eigenvalue weighted by Crippen LogP contribution is -1.96. The average molecular weight is 488 g/mol. The Morgan fingerprint density at radius 1 is 0.946 bits per heavy atom. The van der Waals surface area contributed by atoms with Crippen LogP contribution in [0.25, 0.3) is 28.1 Å². The normalized spacial score (nSPS) is 12.0. The van der Waals surface area contributed by atoms with Crippen molar-refractivity contribution in [3.8, 4) is 11.6 Å². The molecule has 0 saturated carbocycles. The first kappa shape index (κ1) is 23.8. The third-order valence-electron chi connectivity index (χ3n) is 6.06. The van der Waals surface area contributed by atoms with Gasteiger partial charge in [-0.3, -0.25) is 5.10 Å². The fourth-order valence-electron chi connectivity index (χ4n) is 4.32. The van der Waals surface area contributed by atoms with E-state index in [0.29, 0.717) is 11.6 Å². The van der Waals surface area contributed by atoms with Crippen LogP contribution in [0.2, 0.25) is 0 Å². The number of benzene rings is 3. The van der Waals surface area contributed by atoms with E-state index in [1.807, 2.05) is 66.9 Å². The van der Waals surface area contributed by atoms with E-state index in [4.69, 9.17) is 9.84 Å². The minimum atomic E-state index is -0.971. The van der Waals surface area contributed by atoms with Crippen LogP contribution in [0, 0.1) is 0 Å². The molecule has 5 rings (SSSR count). The second kappa shape index (κ2) is 10.7. The number of aromatic nitrogens is 3. The smallest absolute Gasteiger partial charge is 0.328 e. The molecule has 2 heterocycles. The largest absolute Gasteiger partial charge is 0.478 e. The van der Waals surface area contributed by atoms with E-state index in [0.717, 1.165) is 51.2 Å². The van der Waals surface area contributed by atoms with Crippen LogP contribution in [0.3, 0.4) is 0 Å². The highest BCUT2D eigenvalue weighted by molar-refractivity contribution is 6.00. The van der Waals surface area contributed by atoms with Crippen LogP contribution in [-0.2, 0) is 4.79 Å². The van der Waals surface area contributed by atoms with Gasteiger partial charge in [0.2, 0.25) is 5.88 Å². The molecule has 0 atom stereocenters. The molecule has 0 unspecified atom stereocenters. The third-order valence-corrected chi connectivity index (χ3v) is 6.06. The standard InChI is InChI=1S/C31H25N3O3/c1-2-27(22-11-14-26(15-12-22)37-29-5-3-4-18-32-29)31(24-13-16-28-25(19-24)20-33-34-28)23-9-6-21(7-10-23)8-17-30(35)36/h3-20H,2H2,1H3,(H,33,34)(H,35,36)/b17-8+,31-27+. The number of carbonyl (C=O) groups is 1. The Hall–Kier alpha value is -4.97. The summed E-state index contributed by atoms with van der Waals surface area (Å²) < 4.78 is 5.88. The number of hydrogen-bond acceptors (Lipinski definition) is 4. The Kier molecular flexibility index (Phi) is 6.90. The molecule has 6 nitrogen and oxygen atoms in total. The molecule has 0 spiro atoms. The number of ether oxygens (including phenoxy) is 1. The van der Waals surface area contributed by atoms with Crippen molar-refractivity contribution in [2.45, 2.75) is 13.3 Å². The van der Waals surface area contributed by atoms with Gasteiger partial charge >= 0.3 is 5.97 Å². The van der Waals surface area contributed by atoms with Gasteiger partial charge < -0.3 is 9.84 Å². The Morgan fingerprint density at radius 3 is 2.41 bits per heavy atom. The molecule has 0 aliphatic carbocycles. The molecule has 3 aromatic carbocycles. The molecule has 0 radical (unpaired) electrons. The number of allylic oxidation sites excluding steroid dienone is 1. The Balaban J connectivity index is 1.58. The number of fused-ring (bicyclic) bond motifs is 1. The number of pyridine rings is 1. The number of aromatic amines is 1. The van der Waals surface area contributed by atoms with E-state index in [1.165, 1.54) is 5.57 Å². The summed E-state index contributed by atoms with van der Waals surface area (Å²) in [5.41, 5.74) is 7.30. The van der Waals surface area contributed by atoms with Crippen LogP contribution in [-0.4, -0.2) is 26.3 Å². The zero-order valence-corrected chi connectivity index (χ0v) is 20.3. The fourth-order valence-corrected chi connectivity index (χ4v) is 4.32. The van der Waals surface area contributed by atoms with Gasteiger partial charge in [0, 0.05) is 23.7 Å². The SMILES string of the molecule is CC/C(=C(/c1ccc(/C=C/C(=O)O)cc1)c1ccc2[nH]ncc2c1)c1ccc(Oc2ccccn2)cc1. The van der Waals surface area contributed by atoms with Gasteiger partial charge in [0.25, 0.3) is 0 Å². The second-order valence-corrected chi connectivity index (χ2v) is 8.47. The zero-order valence-electron chi connectivity index (χ0n) is 20.3. The first-order chi connectivity index (χ1) is 18.1. The number of rotatable bonds is 8. The maximum Gasteiger partial charge on any atom is 0.328 e. The molecule has 182 valence electrons. The molecule has 0 aliphatic rings. The van der Waals surface area contributed by atoms with Gasteiger partial charge in [-0.25, -0.2) is 9.78 Å². The predicted molar refractivity (Wildman–Crippen MR) is 146 cm³/mol. The van der Waals surface area contributed by atoms with Crippen LogP contribution in [0.5, 0.6) is 11.6 Å². The highest BCUT2D eigenvalue weighted by Gasteiger charge is 2.14. The van der Waals surface area contributed by atoms with Crippen molar-refractivity contribution >= 4 is 34.1 Å². The Labute approximate surface area is 214 Å². The first-order valence-corrected chi connectivity index (χ1v) is 12.0. The third kappa shape index (κ3) is 5.49. The van der Waals surface area contributed by atoms with Crippen molar-refractivity contribution in [1.29, 1.82) is 0 Å². The van der Waals surface area contributed by atoms with E-state index < -0.39 is 5.97 Å². The van der Waals surface area contributed by atoms with Gasteiger partial charge in [-0.1, -0.05) is 55.5 Å². The summed E-state index contributed by atoms with van der Waals surface area (Å²) in [6.45, 7) is 2.15. The molecular formula is C31H25N3O3. The van der Waals surface area contributed by atoms with Gasteiger partial charge in [0.15, 0.2) is 0 Å².